The Balaban J connectivity index is 1.38. The van der Waals surface area contributed by atoms with Crippen molar-refractivity contribution in [1.29, 1.82) is 0 Å². The average molecular weight is 341 g/mol. The summed E-state index contributed by atoms with van der Waals surface area (Å²) in [5, 5.41) is 0. The number of piperidine rings is 1. The average Bonchev–Trinajstić information content (AvgIpc) is 2.91. The van der Waals surface area contributed by atoms with Gasteiger partial charge in [-0.1, -0.05) is 12.5 Å². The number of aryl methyl sites for hydroxylation is 1. The maximum absolute atomic E-state index is 12.8. The number of nitrogens with zero attached hydrogens (tertiary/aromatic N) is 3. The maximum atomic E-state index is 12.8. The molecule has 1 saturated carbocycles. The van der Waals surface area contributed by atoms with E-state index in [-0.39, 0.29) is 17.9 Å². The topological polar surface area (TPSA) is 53.5 Å². The van der Waals surface area contributed by atoms with Crippen molar-refractivity contribution in [2.75, 3.05) is 19.6 Å². The van der Waals surface area contributed by atoms with Crippen molar-refractivity contribution in [3.8, 4) is 0 Å². The van der Waals surface area contributed by atoms with E-state index in [0.29, 0.717) is 24.7 Å². The maximum Gasteiger partial charge on any atom is 0.225 e. The first-order valence-corrected chi connectivity index (χ1v) is 9.69. The summed E-state index contributed by atoms with van der Waals surface area (Å²) in [5.74, 6) is 1.26. The Morgan fingerprint density at radius 2 is 1.96 bits per heavy atom. The molecule has 25 heavy (non-hydrogen) atoms. The van der Waals surface area contributed by atoms with Crippen LogP contribution in [0.15, 0.2) is 24.4 Å². The van der Waals surface area contributed by atoms with Crippen LogP contribution in [0, 0.1) is 11.8 Å². The zero-order valence-electron chi connectivity index (χ0n) is 14.8. The highest BCUT2D eigenvalue weighted by atomic mass is 16.2. The predicted molar refractivity (Wildman–Crippen MR) is 94.7 cm³/mol. The van der Waals surface area contributed by atoms with E-state index in [9.17, 15) is 9.59 Å². The standard InChI is InChI=1S/C20H27N3O2/c24-19(10-8-17-6-1-2-11-21-17)23-13-15-7-9-18(23)14-22(12-15)20(25)16-4-3-5-16/h1-2,6,11,15-16,18H,3-5,7-10,12-14H2/t15-,18+/m1/s1. The molecule has 2 atom stereocenters. The summed E-state index contributed by atoms with van der Waals surface area (Å²) < 4.78 is 0. The van der Waals surface area contributed by atoms with Gasteiger partial charge in [-0.25, -0.2) is 0 Å². The SMILES string of the molecule is O=C(C1CCC1)N1C[C@H]2CC[C@@H](C1)N(C(=O)CCc1ccccn1)C2. The Hall–Kier alpha value is -1.91. The van der Waals surface area contributed by atoms with E-state index in [4.69, 9.17) is 0 Å². The Morgan fingerprint density at radius 1 is 1.08 bits per heavy atom. The normalized spacial score (nSPS) is 26.2. The molecule has 2 amide bonds. The van der Waals surface area contributed by atoms with Crippen molar-refractivity contribution >= 4 is 11.8 Å². The molecule has 3 aliphatic heterocycles. The molecule has 1 aliphatic carbocycles. The molecular formula is C20H27N3O2. The van der Waals surface area contributed by atoms with E-state index in [1.54, 1.807) is 6.20 Å². The lowest BCUT2D eigenvalue weighted by Crippen LogP contribution is -2.48. The lowest BCUT2D eigenvalue weighted by Gasteiger charge is -2.36. The van der Waals surface area contributed by atoms with E-state index in [1.165, 1.54) is 6.42 Å². The fourth-order valence-electron chi connectivity index (χ4n) is 4.41. The molecule has 3 saturated heterocycles. The summed E-state index contributed by atoms with van der Waals surface area (Å²) in [6, 6.07) is 6.04. The molecule has 4 aliphatic rings. The number of hydrogen-bond donors (Lipinski definition) is 0. The third kappa shape index (κ3) is 3.55. The summed E-state index contributed by atoms with van der Waals surface area (Å²) in [6.07, 6.45) is 8.45. The van der Waals surface area contributed by atoms with Gasteiger partial charge in [0.25, 0.3) is 0 Å². The third-order valence-corrected chi connectivity index (χ3v) is 6.12. The summed E-state index contributed by atoms with van der Waals surface area (Å²) >= 11 is 0. The number of hydrogen-bond acceptors (Lipinski definition) is 3. The van der Waals surface area contributed by atoms with E-state index >= 15 is 0 Å². The first kappa shape index (κ1) is 16.6. The molecule has 134 valence electrons. The van der Waals surface area contributed by atoms with Gasteiger partial charge in [0.2, 0.25) is 11.8 Å². The molecule has 1 aromatic rings. The van der Waals surface area contributed by atoms with E-state index in [1.807, 2.05) is 18.2 Å². The molecule has 0 N–H and O–H groups in total. The van der Waals surface area contributed by atoms with Crippen molar-refractivity contribution in [2.24, 2.45) is 11.8 Å². The molecule has 0 aromatic carbocycles. The first-order valence-electron chi connectivity index (χ1n) is 9.69. The minimum absolute atomic E-state index is 0.207. The summed E-state index contributed by atoms with van der Waals surface area (Å²) in [7, 11) is 0. The van der Waals surface area contributed by atoms with Crippen LogP contribution in [0.4, 0.5) is 0 Å². The van der Waals surface area contributed by atoms with Crippen molar-refractivity contribution in [3.63, 3.8) is 0 Å². The Kier molecular flexibility index (Phi) is 4.73. The second kappa shape index (κ2) is 7.14. The molecule has 4 fully saturated rings. The zero-order chi connectivity index (χ0) is 17.2. The van der Waals surface area contributed by atoms with Gasteiger partial charge in [-0.2, -0.15) is 0 Å². The van der Waals surface area contributed by atoms with Crippen molar-refractivity contribution < 1.29 is 9.59 Å². The van der Waals surface area contributed by atoms with Gasteiger partial charge in [0.05, 0.1) is 0 Å². The van der Waals surface area contributed by atoms with Crippen LogP contribution >= 0.6 is 0 Å². The molecule has 5 heteroatoms. The minimum atomic E-state index is 0.207. The number of pyridine rings is 1. The van der Waals surface area contributed by atoms with Crippen molar-refractivity contribution in [3.05, 3.63) is 30.1 Å². The third-order valence-electron chi connectivity index (χ3n) is 6.12. The van der Waals surface area contributed by atoms with Gasteiger partial charge < -0.3 is 9.80 Å². The minimum Gasteiger partial charge on any atom is -0.340 e. The van der Waals surface area contributed by atoms with Crippen LogP contribution in [0.25, 0.3) is 0 Å². The lowest BCUT2D eigenvalue weighted by molar-refractivity contribution is -0.140. The largest absolute Gasteiger partial charge is 0.340 e. The highest BCUT2D eigenvalue weighted by Crippen LogP contribution is 2.33. The van der Waals surface area contributed by atoms with E-state index in [0.717, 1.165) is 51.0 Å². The lowest BCUT2D eigenvalue weighted by atomic mass is 9.84. The molecule has 4 heterocycles. The smallest absolute Gasteiger partial charge is 0.225 e. The molecule has 5 nitrogen and oxygen atoms in total. The molecule has 0 spiro atoms. The van der Waals surface area contributed by atoms with Crippen LogP contribution in [-0.4, -0.2) is 52.3 Å². The van der Waals surface area contributed by atoms with Crippen LogP contribution in [-0.2, 0) is 16.0 Å². The van der Waals surface area contributed by atoms with Crippen LogP contribution in [0.2, 0.25) is 0 Å². The monoisotopic (exact) mass is 341 g/mol. The second-order valence-corrected chi connectivity index (χ2v) is 7.84. The van der Waals surface area contributed by atoms with Crippen LogP contribution in [0.3, 0.4) is 0 Å². The first-order chi connectivity index (χ1) is 12.2. The number of carbonyl (C=O) groups is 2. The Bertz CT molecular complexity index is 629. The molecule has 2 bridgehead atoms. The van der Waals surface area contributed by atoms with Gasteiger partial charge in [0.1, 0.15) is 0 Å². The molecule has 0 unspecified atom stereocenters. The zero-order valence-corrected chi connectivity index (χ0v) is 14.8. The number of fused-ring (bicyclic) bond motifs is 4. The fourth-order valence-corrected chi connectivity index (χ4v) is 4.41. The number of rotatable bonds is 4. The Morgan fingerprint density at radius 3 is 2.68 bits per heavy atom. The number of aromatic nitrogens is 1. The summed E-state index contributed by atoms with van der Waals surface area (Å²) in [5.41, 5.74) is 0.970. The highest BCUT2D eigenvalue weighted by Gasteiger charge is 2.40. The van der Waals surface area contributed by atoms with Crippen LogP contribution in [0.1, 0.15) is 44.2 Å². The molecule has 5 rings (SSSR count). The molecule has 1 aromatic heterocycles. The van der Waals surface area contributed by atoms with Crippen LogP contribution in [0.5, 0.6) is 0 Å². The van der Waals surface area contributed by atoms with Crippen molar-refractivity contribution in [2.45, 2.75) is 51.0 Å². The highest BCUT2D eigenvalue weighted by molar-refractivity contribution is 5.80. The predicted octanol–water partition coefficient (Wildman–Crippen LogP) is 2.26. The number of amides is 2. The van der Waals surface area contributed by atoms with Gasteiger partial charge in [0, 0.05) is 49.9 Å². The molecule has 0 radical (unpaired) electrons. The molecular weight excluding hydrogens is 314 g/mol. The van der Waals surface area contributed by atoms with Gasteiger partial charge in [0.15, 0.2) is 0 Å². The quantitative estimate of drug-likeness (QED) is 0.844. The van der Waals surface area contributed by atoms with Gasteiger partial charge >= 0.3 is 0 Å². The van der Waals surface area contributed by atoms with E-state index in [2.05, 4.69) is 14.8 Å². The van der Waals surface area contributed by atoms with Crippen molar-refractivity contribution in [1.82, 2.24) is 14.8 Å². The number of carbonyl (C=O) groups excluding carboxylic acids is 2. The van der Waals surface area contributed by atoms with Gasteiger partial charge in [-0.15, -0.1) is 0 Å². The van der Waals surface area contributed by atoms with Gasteiger partial charge in [-0.3, -0.25) is 14.6 Å². The summed E-state index contributed by atoms with van der Waals surface area (Å²) in [6.45, 7) is 2.40. The van der Waals surface area contributed by atoms with Gasteiger partial charge in [-0.05, 0) is 50.2 Å². The Labute approximate surface area is 149 Å². The second-order valence-electron chi connectivity index (χ2n) is 7.84. The van der Waals surface area contributed by atoms with Crippen LogP contribution < -0.4 is 0 Å². The summed E-state index contributed by atoms with van der Waals surface area (Å²) in [4.78, 5) is 33.9. The van der Waals surface area contributed by atoms with E-state index < -0.39 is 0 Å². The fraction of sp³-hybridized carbons (Fsp3) is 0.650.